The quantitative estimate of drug-likeness (QED) is 0.0320. The zero-order valence-electron chi connectivity index (χ0n) is 61.3. The summed E-state index contributed by atoms with van der Waals surface area (Å²) in [5.41, 5.74) is 0. The van der Waals surface area contributed by atoms with Crippen molar-refractivity contribution in [2.75, 3.05) is 13.2 Å². The molecule has 0 aromatic rings. The van der Waals surface area contributed by atoms with Crippen molar-refractivity contribution in [2.45, 2.75) is 456 Å². The Morgan fingerprint density at radius 3 is 0.879 bits per heavy atom. The van der Waals surface area contributed by atoms with Crippen LogP contribution >= 0.6 is 0 Å². The first-order valence-electron chi connectivity index (χ1n) is 41.1. The molecule has 2 atom stereocenters. The Morgan fingerprint density at radius 2 is 0.571 bits per heavy atom. The summed E-state index contributed by atoms with van der Waals surface area (Å²) >= 11 is 0. The van der Waals surface area contributed by atoms with E-state index in [1.165, 1.54) is 360 Å². The molecule has 0 bridgehead atoms. The highest BCUT2D eigenvalue weighted by molar-refractivity contribution is 5.76. The lowest BCUT2D eigenvalue weighted by atomic mass is 10.0. The Balaban J connectivity index is 3.39. The van der Waals surface area contributed by atoms with Gasteiger partial charge in [-0.2, -0.15) is 0 Å². The maximum atomic E-state index is 12.6. The Labute approximate surface area is 569 Å². The van der Waals surface area contributed by atoms with Crippen molar-refractivity contribution < 1.29 is 24.5 Å². The van der Waals surface area contributed by atoms with E-state index in [0.29, 0.717) is 19.4 Å². The molecule has 6 nitrogen and oxygen atoms in total. The molecule has 3 N–H and O–H groups in total. The first-order chi connectivity index (χ1) is 45.0. The van der Waals surface area contributed by atoms with Crippen molar-refractivity contribution in [3.8, 4) is 0 Å². The SMILES string of the molecule is CCC/C=C\C/C=C\CCCCCCCC(=O)OCCCCCCCCCCCCCCC/C=C\C/C=C\CCCCCCCCCCCCCCCCCCCC(=O)NC(CO)C(O)/C=C/CCCCCCCCCCCCCCCCCCCCCCCC. The van der Waals surface area contributed by atoms with Crippen LogP contribution in [0.1, 0.15) is 444 Å². The number of amides is 1. The summed E-state index contributed by atoms with van der Waals surface area (Å²) in [7, 11) is 0. The van der Waals surface area contributed by atoms with Gasteiger partial charge in [-0.25, -0.2) is 0 Å². The molecule has 0 rings (SSSR count). The normalized spacial score (nSPS) is 12.8. The van der Waals surface area contributed by atoms with Crippen LogP contribution in [0.15, 0.2) is 60.8 Å². The van der Waals surface area contributed by atoms with Gasteiger partial charge in [0, 0.05) is 12.8 Å². The van der Waals surface area contributed by atoms with E-state index in [1.54, 1.807) is 6.08 Å². The predicted octanol–water partition coefficient (Wildman–Crippen LogP) is 27.3. The van der Waals surface area contributed by atoms with Crippen molar-refractivity contribution in [2.24, 2.45) is 0 Å². The standard InChI is InChI=1S/C85H159NO5/c1-3-5-7-9-11-13-15-17-18-19-20-21-22-38-41-44-47-50-54-57-61-65-69-73-77-83(88)82(81-87)86-84(89)78-74-70-66-62-58-55-51-48-45-42-39-36-34-32-30-28-26-24-23-25-27-29-31-33-35-37-40-43-46-49-52-56-60-64-68-72-76-80-91-85(90)79-75-71-67-63-59-53-16-14-12-10-8-6-4-2/h8,10,14,16,23,25,29,31,73,77,82-83,87-88H,3-7,9,11-13,15,17-22,24,26-28,30,32-72,74-76,78-81H2,1-2H3,(H,86,89)/b10-8-,16-14-,25-23-,31-29-,77-73+. The molecule has 0 saturated carbocycles. The molecule has 1 amide bonds. The second kappa shape index (κ2) is 80.0. The van der Waals surface area contributed by atoms with Crippen LogP contribution in [-0.2, 0) is 14.3 Å². The number of nitrogens with one attached hydrogen (secondary N) is 1. The first-order valence-corrected chi connectivity index (χ1v) is 41.1. The molecule has 0 aromatic carbocycles. The molecule has 0 spiro atoms. The van der Waals surface area contributed by atoms with Crippen LogP contribution in [-0.4, -0.2) is 47.4 Å². The Bertz CT molecular complexity index is 1570. The van der Waals surface area contributed by atoms with Crippen LogP contribution in [0.25, 0.3) is 0 Å². The average Bonchev–Trinajstić information content (AvgIpc) is 3.68. The van der Waals surface area contributed by atoms with E-state index in [4.69, 9.17) is 4.74 Å². The molecule has 0 fully saturated rings. The second-order valence-corrected chi connectivity index (χ2v) is 28.1. The number of carbonyl (C=O) groups excluding carboxylic acids is 2. The van der Waals surface area contributed by atoms with Crippen LogP contribution in [0.4, 0.5) is 0 Å². The molecule has 0 saturated heterocycles. The minimum Gasteiger partial charge on any atom is -0.466 e. The minimum atomic E-state index is -0.845. The molecule has 0 radical (unpaired) electrons. The summed E-state index contributed by atoms with van der Waals surface area (Å²) in [6.45, 7) is 4.88. The highest BCUT2D eigenvalue weighted by atomic mass is 16.5. The van der Waals surface area contributed by atoms with Gasteiger partial charge in [-0.1, -0.05) is 402 Å². The Kier molecular flexibility index (Phi) is 77.9. The molecule has 0 aliphatic carbocycles. The summed E-state index contributed by atoms with van der Waals surface area (Å²) in [6, 6.07) is -0.628. The van der Waals surface area contributed by atoms with Crippen LogP contribution in [0.2, 0.25) is 0 Å². The van der Waals surface area contributed by atoms with E-state index < -0.39 is 12.1 Å². The van der Waals surface area contributed by atoms with Gasteiger partial charge in [0.2, 0.25) is 5.91 Å². The van der Waals surface area contributed by atoms with Crippen molar-refractivity contribution in [1.82, 2.24) is 5.32 Å². The van der Waals surface area contributed by atoms with Gasteiger partial charge in [-0.05, 0) is 89.9 Å². The van der Waals surface area contributed by atoms with E-state index in [0.717, 1.165) is 57.8 Å². The van der Waals surface area contributed by atoms with Crippen LogP contribution in [0.3, 0.4) is 0 Å². The van der Waals surface area contributed by atoms with Gasteiger partial charge in [0.25, 0.3) is 0 Å². The van der Waals surface area contributed by atoms with Crippen molar-refractivity contribution in [3.63, 3.8) is 0 Å². The van der Waals surface area contributed by atoms with Gasteiger partial charge in [-0.3, -0.25) is 9.59 Å². The molecule has 534 valence electrons. The van der Waals surface area contributed by atoms with E-state index in [-0.39, 0.29) is 18.5 Å². The van der Waals surface area contributed by atoms with E-state index in [9.17, 15) is 19.8 Å². The lowest BCUT2D eigenvalue weighted by Gasteiger charge is -2.20. The number of aliphatic hydroxyl groups excluding tert-OH is 2. The lowest BCUT2D eigenvalue weighted by molar-refractivity contribution is -0.143. The largest absolute Gasteiger partial charge is 0.466 e. The molecule has 0 aromatic heterocycles. The summed E-state index contributed by atoms with van der Waals surface area (Å²) in [5.74, 6) is -0.0574. The van der Waals surface area contributed by atoms with Gasteiger partial charge < -0.3 is 20.3 Å². The number of ether oxygens (including phenoxy) is 1. The maximum absolute atomic E-state index is 12.6. The van der Waals surface area contributed by atoms with Crippen LogP contribution in [0, 0.1) is 0 Å². The predicted molar refractivity (Wildman–Crippen MR) is 402 cm³/mol. The lowest BCUT2D eigenvalue weighted by Crippen LogP contribution is -2.45. The molecule has 0 aliphatic heterocycles. The van der Waals surface area contributed by atoms with Gasteiger partial charge in [0.05, 0.1) is 25.4 Å². The third kappa shape index (κ3) is 76.5. The summed E-state index contributed by atoms with van der Waals surface area (Å²) in [5, 5.41) is 23.3. The van der Waals surface area contributed by atoms with Crippen molar-refractivity contribution in [1.29, 1.82) is 0 Å². The highest BCUT2D eigenvalue weighted by Crippen LogP contribution is 2.20. The number of hydrogen-bond donors (Lipinski definition) is 3. The second-order valence-electron chi connectivity index (χ2n) is 28.1. The molecule has 0 heterocycles. The zero-order valence-corrected chi connectivity index (χ0v) is 61.3. The van der Waals surface area contributed by atoms with Gasteiger partial charge in [0.1, 0.15) is 0 Å². The minimum absolute atomic E-state index is 0.00330. The number of esters is 1. The van der Waals surface area contributed by atoms with Gasteiger partial charge in [-0.15, -0.1) is 0 Å². The highest BCUT2D eigenvalue weighted by Gasteiger charge is 2.18. The number of unbranched alkanes of at least 4 members (excludes halogenated alkanes) is 58. The number of aliphatic hydroxyl groups is 2. The summed E-state index contributed by atoms with van der Waals surface area (Å²) < 4.78 is 5.48. The first kappa shape index (κ1) is 88.6. The third-order valence-electron chi connectivity index (χ3n) is 19.0. The van der Waals surface area contributed by atoms with Gasteiger partial charge >= 0.3 is 5.97 Å². The van der Waals surface area contributed by atoms with Crippen LogP contribution < -0.4 is 5.32 Å². The zero-order chi connectivity index (χ0) is 65.6. The summed E-state index contributed by atoms with van der Waals surface area (Å²) in [4.78, 5) is 24.6. The van der Waals surface area contributed by atoms with Gasteiger partial charge in [0.15, 0.2) is 0 Å². The monoisotopic (exact) mass is 1270 g/mol. The maximum Gasteiger partial charge on any atom is 0.305 e. The van der Waals surface area contributed by atoms with Crippen LogP contribution in [0.5, 0.6) is 0 Å². The molecule has 2 unspecified atom stereocenters. The van der Waals surface area contributed by atoms with E-state index in [2.05, 4.69) is 67.8 Å². The molecular formula is C85H159NO5. The van der Waals surface area contributed by atoms with E-state index >= 15 is 0 Å². The van der Waals surface area contributed by atoms with E-state index in [1.807, 2.05) is 6.08 Å². The molecule has 91 heavy (non-hydrogen) atoms. The summed E-state index contributed by atoms with van der Waals surface area (Å²) in [6.07, 6.45) is 108. The topological polar surface area (TPSA) is 95.9 Å². The van der Waals surface area contributed by atoms with Crippen molar-refractivity contribution >= 4 is 11.9 Å². The number of rotatable bonds is 77. The third-order valence-corrected chi connectivity index (χ3v) is 19.0. The Hall–Kier alpha value is -2.44. The Morgan fingerprint density at radius 1 is 0.308 bits per heavy atom. The number of carbonyl (C=O) groups is 2. The average molecular weight is 1280 g/mol. The fourth-order valence-electron chi connectivity index (χ4n) is 12.8. The molecular weight excluding hydrogens is 1110 g/mol. The van der Waals surface area contributed by atoms with Crippen molar-refractivity contribution in [3.05, 3.63) is 60.8 Å². The molecule has 0 aliphatic rings. The number of hydrogen-bond acceptors (Lipinski definition) is 5. The fraction of sp³-hybridized carbons (Fsp3) is 0.859. The molecule has 6 heteroatoms. The number of allylic oxidation sites excluding steroid dienone is 9. The smallest absolute Gasteiger partial charge is 0.305 e. The fourth-order valence-corrected chi connectivity index (χ4v) is 12.8.